The molecule has 2 amide bonds. The summed E-state index contributed by atoms with van der Waals surface area (Å²) in [6.07, 6.45) is 0. The van der Waals surface area contributed by atoms with Gasteiger partial charge in [-0.3, -0.25) is 14.9 Å². The molecule has 0 radical (unpaired) electrons. The van der Waals surface area contributed by atoms with Crippen LogP contribution in [0.25, 0.3) is 0 Å². The number of rotatable bonds is 2. The van der Waals surface area contributed by atoms with Crippen LogP contribution in [0, 0.1) is 6.92 Å². The zero-order valence-electron chi connectivity index (χ0n) is 12.5. The summed E-state index contributed by atoms with van der Waals surface area (Å²) in [5.74, 6) is -0.0316. The largest absolute Gasteiger partial charge is 0.394 e. The number of carbonyl (C=O) groups is 2. The third-order valence-electron chi connectivity index (χ3n) is 3.64. The minimum atomic E-state index is -0.860. The molecule has 0 atom stereocenters. The summed E-state index contributed by atoms with van der Waals surface area (Å²) in [5, 5.41) is 6.76. The summed E-state index contributed by atoms with van der Waals surface area (Å²) in [4.78, 5) is 25.5. The van der Waals surface area contributed by atoms with Crippen LogP contribution in [0.5, 0.6) is 0 Å². The van der Waals surface area contributed by atoms with Crippen molar-refractivity contribution in [3.8, 4) is 0 Å². The first-order valence-electron chi connectivity index (χ1n) is 6.62. The molecule has 20 heavy (non-hydrogen) atoms. The Hall–Kier alpha value is -2.05. The number of hydrogen-bond donors (Lipinski definition) is 2. The predicted octanol–water partition coefficient (Wildman–Crippen LogP) is 0.596. The van der Waals surface area contributed by atoms with Gasteiger partial charge in [-0.2, -0.15) is 5.10 Å². The van der Waals surface area contributed by atoms with Gasteiger partial charge in [0, 0.05) is 6.04 Å². The van der Waals surface area contributed by atoms with Gasteiger partial charge in [0.1, 0.15) is 5.54 Å². The van der Waals surface area contributed by atoms with Crippen LogP contribution < -0.4 is 16.0 Å². The molecule has 1 saturated heterocycles. The zero-order valence-corrected chi connectivity index (χ0v) is 12.5. The number of imide groups is 1. The van der Waals surface area contributed by atoms with E-state index < -0.39 is 5.54 Å². The van der Waals surface area contributed by atoms with E-state index in [1.165, 1.54) is 0 Å². The van der Waals surface area contributed by atoms with Crippen molar-refractivity contribution in [2.45, 2.75) is 46.2 Å². The second kappa shape index (κ2) is 4.50. The maximum Gasteiger partial charge on any atom is 0.251 e. The van der Waals surface area contributed by atoms with Gasteiger partial charge < -0.3 is 10.6 Å². The average Bonchev–Trinajstić information content (AvgIpc) is 2.61. The van der Waals surface area contributed by atoms with Crippen LogP contribution in [0.1, 0.15) is 39.4 Å². The molecular formula is C13H21N5O2. The van der Waals surface area contributed by atoms with E-state index in [9.17, 15) is 9.59 Å². The highest BCUT2D eigenvalue weighted by Crippen LogP contribution is 2.34. The first-order valence-corrected chi connectivity index (χ1v) is 6.62. The number of aryl methyl sites for hydroxylation is 1. The van der Waals surface area contributed by atoms with E-state index in [4.69, 9.17) is 5.73 Å². The monoisotopic (exact) mass is 279 g/mol. The number of nitrogen functional groups attached to an aromatic ring is 1. The molecule has 1 aromatic heterocycles. The molecule has 1 aliphatic rings. The number of nitrogens with zero attached hydrogens (tertiary/aromatic N) is 3. The van der Waals surface area contributed by atoms with Gasteiger partial charge in [-0.1, -0.05) is 0 Å². The fraction of sp³-hybridized carbons (Fsp3) is 0.615. The number of nitrogens with two attached hydrogens (primary N) is 1. The minimum absolute atomic E-state index is 0.0805. The van der Waals surface area contributed by atoms with Crippen molar-refractivity contribution in [1.29, 1.82) is 0 Å². The maximum atomic E-state index is 12.1. The van der Waals surface area contributed by atoms with E-state index in [0.29, 0.717) is 17.2 Å². The van der Waals surface area contributed by atoms with Crippen molar-refractivity contribution in [2.24, 2.45) is 0 Å². The van der Waals surface area contributed by atoms with Crippen LogP contribution in [0.15, 0.2) is 0 Å². The van der Waals surface area contributed by atoms with Crippen molar-refractivity contribution in [3.63, 3.8) is 0 Å². The summed E-state index contributed by atoms with van der Waals surface area (Å²) >= 11 is 0. The summed E-state index contributed by atoms with van der Waals surface area (Å²) < 4.78 is 1.76. The molecule has 7 nitrogen and oxygen atoms in total. The van der Waals surface area contributed by atoms with E-state index in [1.807, 2.05) is 20.8 Å². The quantitative estimate of drug-likeness (QED) is 0.773. The third-order valence-corrected chi connectivity index (χ3v) is 3.64. The highest BCUT2D eigenvalue weighted by molar-refractivity contribution is 6.07. The van der Waals surface area contributed by atoms with Crippen LogP contribution >= 0.6 is 0 Å². The molecule has 0 bridgehead atoms. The number of hydrogen-bond acceptors (Lipinski definition) is 5. The van der Waals surface area contributed by atoms with Crippen LogP contribution in [0.4, 0.5) is 11.5 Å². The number of nitrogens with one attached hydrogen (secondary N) is 1. The van der Waals surface area contributed by atoms with Gasteiger partial charge in [0.2, 0.25) is 5.91 Å². The lowest BCUT2D eigenvalue weighted by molar-refractivity contribution is -0.135. The number of aromatic nitrogens is 2. The predicted molar refractivity (Wildman–Crippen MR) is 76.3 cm³/mol. The second-order valence-electron chi connectivity index (χ2n) is 5.88. The van der Waals surface area contributed by atoms with Crippen molar-refractivity contribution in [3.05, 3.63) is 5.69 Å². The summed E-state index contributed by atoms with van der Waals surface area (Å²) in [6, 6.07) is 0.0805. The second-order valence-corrected chi connectivity index (χ2v) is 5.88. The summed E-state index contributed by atoms with van der Waals surface area (Å²) in [5.41, 5.74) is 6.46. The summed E-state index contributed by atoms with van der Waals surface area (Å²) in [7, 11) is 0. The van der Waals surface area contributed by atoms with E-state index in [0.717, 1.165) is 0 Å². The molecule has 0 saturated carbocycles. The van der Waals surface area contributed by atoms with Gasteiger partial charge in [-0.15, -0.1) is 0 Å². The molecule has 110 valence electrons. The number of anilines is 2. The average molecular weight is 279 g/mol. The Labute approximate surface area is 118 Å². The molecule has 1 fully saturated rings. The lowest BCUT2D eigenvalue weighted by Crippen LogP contribution is -2.64. The van der Waals surface area contributed by atoms with Gasteiger partial charge in [0.25, 0.3) is 5.91 Å². The van der Waals surface area contributed by atoms with Crippen LogP contribution in [-0.4, -0.2) is 33.7 Å². The fourth-order valence-corrected chi connectivity index (χ4v) is 2.30. The van der Waals surface area contributed by atoms with Crippen molar-refractivity contribution in [2.75, 3.05) is 17.2 Å². The molecule has 0 spiro atoms. The van der Waals surface area contributed by atoms with Gasteiger partial charge >= 0.3 is 0 Å². The SMILES string of the molecule is Cc1nn(C(C)C)c(N2CC(=O)NC(=O)C2(C)C)c1N. The standard InChI is InChI=1S/C13H21N5O2/c1-7(2)18-11(10(14)8(3)16-18)17-6-9(19)15-12(20)13(17,4)5/h7H,6,14H2,1-5H3,(H,15,19,20). The van der Waals surface area contributed by atoms with E-state index in [2.05, 4.69) is 10.4 Å². The van der Waals surface area contributed by atoms with Crippen LogP contribution in [0.2, 0.25) is 0 Å². The molecule has 1 aliphatic heterocycles. The number of amides is 2. The van der Waals surface area contributed by atoms with Gasteiger partial charge in [-0.25, -0.2) is 4.68 Å². The van der Waals surface area contributed by atoms with Gasteiger partial charge in [0.15, 0.2) is 5.82 Å². The first kappa shape index (κ1) is 14.4. The smallest absolute Gasteiger partial charge is 0.251 e. The van der Waals surface area contributed by atoms with E-state index >= 15 is 0 Å². The lowest BCUT2D eigenvalue weighted by Gasteiger charge is -2.42. The van der Waals surface area contributed by atoms with Gasteiger partial charge in [-0.05, 0) is 34.6 Å². The maximum absolute atomic E-state index is 12.1. The molecule has 0 aliphatic carbocycles. The van der Waals surface area contributed by atoms with E-state index in [-0.39, 0.29) is 24.4 Å². The zero-order chi connectivity index (χ0) is 15.2. The third kappa shape index (κ3) is 2.03. The Morgan fingerprint density at radius 2 is 1.95 bits per heavy atom. The molecule has 1 aromatic rings. The minimum Gasteiger partial charge on any atom is -0.394 e. The Balaban J connectivity index is 2.59. The van der Waals surface area contributed by atoms with E-state index in [1.54, 1.807) is 23.4 Å². The molecular weight excluding hydrogens is 258 g/mol. The van der Waals surface area contributed by atoms with Crippen LogP contribution in [0.3, 0.4) is 0 Å². The van der Waals surface area contributed by atoms with Crippen molar-refractivity contribution < 1.29 is 9.59 Å². The molecule has 2 rings (SSSR count). The Bertz CT molecular complexity index is 574. The topological polar surface area (TPSA) is 93.2 Å². The number of carbonyl (C=O) groups excluding carboxylic acids is 2. The summed E-state index contributed by atoms with van der Waals surface area (Å²) in [6.45, 7) is 9.39. The Morgan fingerprint density at radius 3 is 2.50 bits per heavy atom. The molecule has 2 heterocycles. The molecule has 0 unspecified atom stereocenters. The van der Waals surface area contributed by atoms with Gasteiger partial charge in [0.05, 0.1) is 17.9 Å². The highest BCUT2D eigenvalue weighted by Gasteiger charge is 2.43. The fourth-order valence-electron chi connectivity index (χ4n) is 2.30. The Morgan fingerprint density at radius 1 is 1.35 bits per heavy atom. The van der Waals surface area contributed by atoms with Crippen molar-refractivity contribution in [1.82, 2.24) is 15.1 Å². The van der Waals surface area contributed by atoms with Crippen molar-refractivity contribution >= 4 is 23.3 Å². The molecule has 7 heteroatoms. The number of piperazine rings is 1. The molecule has 3 N–H and O–H groups in total. The molecule has 0 aromatic carbocycles. The van der Waals surface area contributed by atoms with Crippen LogP contribution in [-0.2, 0) is 9.59 Å². The highest BCUT2D eigenvalue weighted by atomic mass is 16.2. The normalized spacial score (nSPS) is 18.6. The Kier molecular flexibility index (Phi) is 3.23. The lowest BCUT2D eigenvalue weighted by atomic mass is 9.98. The first-order chi connectivity index (χ1) is 9.16.